The molecule has 1 aliphatic carbocycles. The summed E-state index contributed by atoms with van der Waals surface area (Å²) in [6.45, 7) is 0. The van der Waals surface area contributed by atoms with Gasteiger partial charge in [0.25, 0.3) is 0 Å². The number of aliphatic carboxylic acids is 1. The number of carbonyl (C=O) groups excluding carboxylic acids is 1. The largest absolute Gasteiger partial charge is 0.481 e. The number of benzene rings is 1. The van der Waals surface area contributed by atoms with Gasteiger partial charge in [-0.15, -0.1) is 11.8 Å². The number of carbonyl (C=O) groups is 2. The van der Waals surface area contributed by atoms with Crippen LogP contribution in [0.15, 0.2) is 29.2 Å². The Kier molecular flexibility index (Phi) is 3.38. The molecule has 0 radical (unpaired) electrons. The maximum Gasteiger partial charge on any atom is 0.307 e. The Morgan fingerprint density at radius 1 is 1.35 bits per heavy atom. The van der Waals surface area contributed by atoms with E-state index in [-0.39, 0.29) is 11.8 Å². The second-order valence-corrected chi connectivity index (χ2v) is 4.82. The van der Waals surface area contributed by atoms with Crippen LogP contribution in [0, 0.1) is 11.8 Å². The van der Waals surface area contributed by atoms with E-state index in [0.717, 1.165) is 10.6 Å². The molecule has 1 amide bonds. The molecular weight excluding hydrogens is 238 g/mol. The lowest BCUT2D eigenvalue weighted by Crippen LogP contribution is -2.17. The third-order valence-corrected chi connectivity index (χ3v) is 3.61. The number of nitrogens with one attached hydrogen (secondary N) is 1. The van der Waals surface area contributed by atoms with Gasteiger partial charge in [-0.3, -0.25) is 9.59 Å². The zero-order valence-electron chi connectivity index (χ0n) is 9.34. The van der Waals surface area contributed by atoms with E-state index in [1.54, 1.807) is 11.8 Å². The minimum absolute atomic E-state index is 0.195. The van der Waals surface area contributed by atoms with E-state index < -0.39 is 11.9 Å². The molecule has 5 heteroatoms. The molecule has 2 rings (SSSR count). The first-order valence-corrected chi connectivity index (χ1v) is 6.52. The summed E-state index contributed by atoms with van der Waals surface area (Å²) in [7, 11) is 0. The van der Waals surface area contributed by atoms with Crippen LogP contribution in [0.1, 0.15) is 6.42 Å². The maximum atomic E-state index is 11.8. The van der Waals surface area contributed by atoms with Crippen LogP contribution >= 0.6 is 11.8 Å². The number of rotatable bonds is 4. The third-order valence-electron chi connectivity index (χ3n) is 2.81. The fourth-order valence-electron chi connectivity index (χ4n) is 1.73. The Bertz CT molecular complexity index is 461. The zero-order chi connectivity index (χ0) is 12.4. The number of amides is 1. The molecular formula is C12H13NO3S. The molecule has 2 atom stereocenters. The molecule has 0 aromatic heterocycles. The number of anilines is 1. The Labute approximate surface area is 103 Å². The molecule has 0 aliphatic heterocycles. The molecule has 2 N–H and O–H groups in total. The summed E-state index contributed by atoms with van der Waals surface area (Å²) >= 11 is 1.55. The van der Waals surface area contributed by atoms with Crippen molar-refractivity contribution >= 4 is 29.3 Å². The van der Waals surface area contributed by atoms with Crippen LogP contribution < -0.4 is 5.32 Å². The van der Waals surface area contributed by atoms with E-state index in [2.05, 4.69) is 5.32 Å². The maximum absolute atomic E-state index is 11.8. The van der Waals surface area contributed by atoms with Gasteiger partial charge in [-0.25, -0.2) is 0 Å². The van der Waals surface area contributed by atoms with Crippen LogP contribution in [0.2, 0.25) is 0 Å². The second kappa shape index (κ2) is 4.79. The normalized spacial score (nSPS) is 21.9. The number of para-hydroxylation sites is 1. The highest BCUT2D eigenvalue weighted by atomic mass is 32.2. The summed E-state index contributed by atoms with van der Waals surface area (Å²) in [5.74, 6) is -1.96. The quantitative estimate of drug-likeness (QED) is 0.804. The molecule has 90 valence electrons. The van der Waals surface area contributed by atoms with E-state index in [1.165, 1.54) is 0 Å². The molecule has 17 heavy (non-hydrogen) atoms. The minimum Gasteiger partial charge on any atom is -0.481 e. The summed E-state index contributed by atoms with van der Waals surface area (Å²) in [6.07, 6.45) is 2.38. The lowest BCUT2D eigenvalue weighted by molar-refractivity contribution is -0.139. The van der Waals surface area contributed by atoms with Gasteiger partial charge in [0.15, 0.2) is 0 Å². The van der Waals surface area contributed by atoms with Crippen molar-refractivity contribution in [2.75, 3.05) is 11.6 Å². The highest BCUT2D eigenvalue weighted by Crippen LogP contribution is 2.39. The van der Waals surface area contributed by atoms with Crippen LogP contribution in [0.5, 0.6) is 0 Å². The van der Waals surface area contributed by atoms with Crippen LogP contribution in [0.4, 0.5) is 5.69 Å². The van der Waals surface area contributed by atoms with Gasteiger partial charge in [0, 0.05) is 4.90 Å². The molecule has 1 aliphatic rings. The summed E-state index contributed by atoms with van der Waals surface area (Å²) in [6, 6.07) is 7.49. The number of hydrogen-bond donors (Lipinski definition) is 2. The highest BCUT2D eigenvalue weighted by Gasteiger charge is 2.48. The van der Waals surface area contributed by atoms with Crippen molar-refractivity contribution in [1.29, 1.82) is 0 Å². The van der Waals surface area contributed by atoms with Gasteiger partial charge >= 0.3 is 5.97 Å². The topological polar surface area (TPSA) is 66.4 Å². The average molecular weight is 251 g/mol. The Morgan fingerprint density at radius 3 is 2.65 bits per heavy atom. The molecule has 1 aromatic rings. The van der Waals surface area contributed by atoms with E-state index in [9.17, 15) is 9.59 Å². The predicted molar refractivity (Wildman–Crippen MR) is 66.1 cm³/mol. The molecule has 1 saturated carbocycles. The van der Waals surface area contributed by atoms with Crippen molar-refractivity contribution in [3.8, 4) is 0 Å². The van der Waals surface area contributed by atoms with Crippen molar-refractivity contribution in [1.82, 2.24) is 0 Å². The predicted octanol–water partition coefficient (Wildman–Crippen LogP) is 2.07. The molecule has 1 fully saturated rings. The number of thioether (sulfide) groups is 1. The van der Waals surface area contributed by atoms with Crippen LogP contribution in [-0.2, 0) is 9.59 Å². The number of carboxylic acid groups (broad SMARTS) is 1. The SMILES string of the molecule is CSc1ccccc1NC(=O)[C@@H]1C[C@@H]1C(=O)O. The van der Waals surface area contributed by atoms with E-state index in [0.29, 0.717) is 6.42 Å². The van der Waals surface area contributed by atoms with Gasteiger partial charge in [0.1, 0.15) is 0 Å². The van der Waals surface area contributed by atoms with Gasteiger partial charge < -0.3 is 10.4 Å². The van der Waals surface area contributed by atoms with Crippen molar-refractivity contribution in [3.63, 3.8) is 0 Å². The molecule has 1 aromatic carbocycles. The standard InChI is InChI=1S/C12H13NO3S/c1-17-10-5-3-2-4-9(10)13-11(14)7-6-8(7)12(15)16/h2-5,7-8H,6H2,1H3,(H,13,14)(H,15,16)/t7-,8+/m1/s1. The Balaban J connectivity index is 2.02. The molecule has 0 spiro atoms. The van der Waals surface area contributed by atoms with Crippen LogP contribution in [0.3, 0.4) is 0 Å². The zero-order valence-corrected chi connectivity index (χ0v) is 10.2. The molecule has 0 heterocycles. The van der Waals surface area contributed by atoms with Gasteiger partial charge in [-0.05, 0) is 24.8 Å². The second-order valence-electron chi connectivity index (χ2n) is 3.98. The average Bonchev–Trinajstić information content (AvgIpc) is 3.09. The van der Waals surface area contributed by atoms with Gasteiger partial charge in [-0.1, -0.05) is 12.1 Å². The minimum atomic E-state index is -0.886. The van der Waals surface area contributed by atoms with Gasteiger partial charge in [0.05, 0.1) is 17.5 Å². The van der Waals surface area contributed by atoms with Crippen molar-refractivity contribution in [2.45, 2.75) is 11.3 Å². The molecule has 0 bridgehead atoms. The lowest BCUT2D eigenvalue weighted by Gasteiger charge is -2.08. The monoisotopic (exact) mass is 251 g/mol. The summed E-state index contributed by atoms with van der Waals surface area (Å²) in [5.41, 5.74) is 0.751. The first kappa shape index (κ1) is 12.0. The highest BCUT2D eigenvalue weighted by molar-refractivity contribution is 7.98. The first-order valence-electron chi connectivity index (χ1n) is 5.30. The number of hydrogen-bond acceptors (Lipinski definition) is 3. The summed E-state index contributed by atoms with van der Waals surface area (Å²) in [4.78, 5) is 23.4. The van der Waals surface area contributed by atoms with Gasteiger partial charge in [-0.2, -0.15) is 0 Å². The smallest absolute Gasteiger partial charge is 0.307 e. The van der Waals surface area contributed by atoms with Crippen LogP contribution in [-0.4, -0.2) is 23.2 Å². The Morgan fingerprint density at radius 2 is 2.06 bits per heavy atom. The number of carboxylic acids is 1. The van der Waals surface area contributed by atoms with Crippen LogP contribution in [0.25, 0.3) is 0 Å². The van der Waals surface area contributed by atoms with Crippen molar-refractivity contribution in [3.05, 3.63) is 24.3 Å². The van der Waals surface area contributed by atoms with Crippen molar-refractivity contribution < 1.29 is 14.7 Å². The van der Waals surface area contributed by atoms with E-state index >= 15 is 0 Å². The fourth-order valence-corrected chi connectivity index (χ4v) is 2.28. The summed E-state index contributed by atoms with van der Waals surface area (Å²) < 4.78 is 0. The Hall–Kier alpha value is -1.49. The summed E-state index contributed by atoms with van der Waals surface area (Å²) in [5, 5.41) is 11.5. The third kappa shape index (κ3) is 2.61. The lowest BCUT2D eigenvalue weighted by atomic mass is 10.2. The van der Waals surface area contributed by atoms with E-state index in [1.807, 2.05) is 30.5 Å². The molecule has 0 saturated heterocycles. The van der Waals surface area contributed by atoms with E-state index in [4.69, 9.17) is 5.11 Å². The molecule has 4 nitrogen and oxygen atoms in total. The van der Waals surface area contributed by atoms with Gasteiger partial charge in [0.2, 0.25) is 5.91 Å². The molecule has 0 unspecified atom stereocenters. The first-order chi connectivity index (χ1) is 8.13. The van der Waals surface area contributed by atoms with Crippen molar-refractivity contribution in [2.24, 2.45) is 11.8 Å². The fraction of sp³-hybridized carbons (Fsp3) is 0.333.